The number of aryl methyl sites for hydroxylation is 1. The quantitative estimate of drug-likeness (QED) is 0.633. The van der Waals surface area contributed by atoms with Gasteiger partial charge in [-0.15, -0.1) is 11.3 Å². The summed E-state index contributed by atoms with van der Waals surface area (Å²) in [7, 11) is 0. The first-order valence-corrected chi connectivity index (χ1v) is 8.53. The van der Waals surface area contributed by atoms with Crippen LogP contribution in [-0.2, 0) is 11.2 Å². The lowest BCUT2D eigenvalue weighted by Crippen LogP contribution is -2.42. The number of nitrogens with one attached hydrogen (secondary N) is 2. The van der Waals surface area contributed by atoms with E-state index in [0.717, 1.165) is 16.0 Å². The number of H-pyrrole nitrogens is 1. The molecule has 0 spiro atoms. The van der Waals surface area contributed by atoms with Gasteiger partial charge < -0.3 is 15.4 Å². The van der Waals surface area contributed by atoms with Crippen molar-refractivity contribution < 1.29 is 14.7 Å². The highest BCUT2D eigenvalue weighted by molar-refractivity contribution is 7.17. The Labute approximate surface area is 148 Å². The number of carboxylic acids is 1. The summed E-state index contributed by atoms with van der Waals surface area (Å²) in [6.07, 6.45) is 3.17. The normalized spacial score (nSPS) is 11.9. The third kappa shape index (κ3) is 3.95. The standard InChI is InChI=1S/C18H17N3O3S/c1-11-7-15(25-16(11)12-5-3-2-4-6-12)17(22)21-14(18(23)24)8-13-9-19-10-20-13/h2-7,9-10,14H,8H2,1H3,(H,19,20)(H,21,22)(H,23,24)/t14-/m0/s1. The maximum atomic E-state index is 12.5. The fourth-order valence-corrected chi connectivity index (χ4v) is 3.60. The number of aromatic nitrogens is 2. The molecule has 0 unspecified atom stereocenters. The molecule has 3 aromatic rings. The number of carbonyl (C=O) groups excluding carboxylic acids is 1. The molecule has 0 aliphatic rings. The zero-order valence-electron chi connectivity index (χ0n) is 13.5. The first-order chi connectivity index (χ1) is 12.0. The summed E-state index contributed by atoms with van der Waals surface area (Å²) < 4.78 is 0. The molecule has 0 aliphatic carbocycles. The fraction of sp³-hybridized carbons (Fsp3) is 0.167. The monoisotopic (exact) mass is 355 g/mol. The van der Waals surface area contributed by atoms with Gasteiger partial charge in [-0.1, -0.05) is 30.3 Å². The van der Waals surface area contributed by atoms with E-state index in [4.69, 9.17) is 0 Å². The van der Waals surface area contributed by atoms with Crippen LogP contribution >= 0.6 is 11.3 Å². The van der Waals surface area contributed by atoms with Crippen LogP contribution in [0.3, 0.4) is 0 Å². The van der Waals surface area contributed by atoms with E-state index < -0.39 is 12.0 Å². The predicted molar refractivity (Wildman–Crippen MR) is 95.7 cm³/mol. The molecule has 0 fully saturated rings. The molecule has 2 heterocycles. The highest BCUT2D eigenvalue weighted by Gasteiger charge is 2.23. The van der Waals surface area contributed by atoms with Gasteiger partial charge in [0.1, 0.15) is 6.04 Å². The van der Waals surface area contributed by atoms with Gasteiger partial charge in [-0.05, 0) is 24.1 Å². The molecule has 1 amide bonds. The number of rotatable bonds is 6. The van der Waals surface area contributed by atoms with E-state index in [2.05, 4.69) is 15.3 Å². The van der Waals surface area contributed by atoms with Gasteiger partial charge in [0.2, 0.25) is 0 Å². The molecular formula is C18H17N3O3S. The number of aliphatic carboxylic acids is 1. The number of imidazole rings is 1. The van der Waals surface area contributed by atoms with Crippen LogP contribution in [0.15, 0.2) is 48.9 Å². The lowest BCUT2D eigenvalue weighted by molar-refractivity contribution is -0.139. The number of nitrogens with zero attached hydrogens (tertiary/aromatic N) is 1. The van der Waals surface area contributed by atoms with Gasteiger partial charge in [-0.25, -0.2) is 9.78 Å². The second-order valence-electron chi connectivity index (χ2n) is 5.63. The van der Waals surface area contributed by atoms with Crippen molar-refractivity contribution >= 4 is 23.2 Å². The Bertz CT molecular complexity index is 872. The van der Waals surface area contributed by atoms with Gasteiger partial charge in [0.25, 0.3) is 5.91 Å². The topological polar surface area (TPSA) is 95.1 Å². The zero-order chi connectivity index (χ0) is 17.8. The minimum Gasteiger partial charge on any atom is -0.480 e. The number of carboxylic acid groups (broad SMARTS) is 1. The first kappa shape index (κ1) is 16.9. The average molecular weight is 355 g/mol. The average Bonchev–Trinajstić information content (AvgIpc) is 3.24. The zero-order valence-corrected chi connectivity index (χ0v) is 14.3. The van der Waals surface area contributed by atoms with Gasteiger partial charge in [0, 0.05) is 23.2 Å². The highest BCUT2D eigenvalue weighted by Crippen LogP contribution is 2.32. The minimum absolute atomic E-state index is 0.150. The van der Waals surface area contributed by atoms with Gasteiger partial charge in [-0.2, -0.15) is 0 Å². The van der Waals surface area contributed by atoms with E-state index >= 15 is 0 Å². The Morgan fingerprint density at radius 3 is 2.72 bits per heavy atom. The number of benzene rings is 1. The van der Waals surface area contributed by atoms with Crippen molar-refractivity contribution in [2.75, 3.05) is 0 Å². The largest absolute Gasteiger partial charge is 0.480 e. The summed E-state index contributed by atoms with van der Waals surface area (Å²) in [5, 5.41) is 11.9. The molecule has 1 atom stereocenters. The molecule has 7 heteroatoms. The third-order valence-corrected chi connectivity index (χ3v) is 5.04. The number of carbonyl (C=O) groups is 2. The Morgan fingerprint density at radius 1 is 1.32 bits per heavy atom. The summed E-state index contributed by atoms with van der Waals surface area (Å²) in [6, 6.07) is 10.6. The number of hydrogen-bond acceptors (Lipinski definition) is 4. The Balaban J connectivity index is 1.77. The number of amides is 1. The lowest BCUT2D eigenvalue weighted by atomic mass is 10.1. The van der Waals surface area contributed by atoms with Gasteiger partial charge in [0.15, 0.2) is 0 Å². The van der Waals surface area contributed by atoms with Crippen molar-refractivity contribution in [3.05, 3.63) is 65.1 Å². The van der Waals surface area contributed by atoms with Crippen molar-refractivity contribution in [2.24, 2.45) is 0 Å². The van der Waals surface area contributed by atoms with Crippen LogP contribution in [-0.4, -0.2) is 33.0 Å². The third-order valence-electron chi connectivity index (χ3n) is 3.76. The molecule has 0 saturated carbocycles. The van der Waals surface area contributed by atoms with E-state index in [0.29, 0.717) is 10.6 Å². The van der Waals surface area contributed by atoms with Crippen LogP contribution in [0.1, 0.15) is 20.9 Å². The fourth-order valence-electron chi connectivity index (χ4n) is 2.52. The van der Waals surface area contributed by atoms with E-state index in [1.54, 1.807) is 12.3 Å². The summed E-state index contributed by atoms with van der Waals surface area (Å²) >= 11 is 1.36. The molecule has 3 rings (SSSR count). The van der Waals surface area contributed by atoms with Gasteiger partial charge >= 0.3 is 5.97 Å². The van der Waals surface area contributed by atoms with Crippen LogP contribution in [0.25, 0.3) is 10.4 Å². The number of thiophene rings is 1. The van der Waals surface area contributed by atoms with Crippen LogP contribution < -0.4 is 5.32 Å². The summed E-state index contributed by atoms with van der Waals surface area (Å²) in [4.78, 5) is 32.1. The molecule has 25 heavy (non-hydrogen) atoms. The van der Waals surface area contributed by atoms with E-state index in [1.165, 1.54) is 17.7 Å². The molecule has 6 nitrogen and oxygen atoms in total. The van der Waals surface area contributed by atoms with Crippen molar-refractivity contribution in [1.29, 1.82) is 0 Å². The van der Waals surface area contributed by atoms with Crippen molar-refractivity contribution in [2.45, 2.75) is 19.4 Å². The molecule has 128 valence electrons. The Hall–Kier alpha value is -2.93. The Kier molecular flexibility index (Phi) is 4.95. The highest BCUT2D eigenvalue weighted by atomic mass is 32.1. The van der Waals surface area contributed by atoms with Crippen LogP contribution in [0.4, 0.5) is 0 Å². The number of hydrogen-bond donors (Lipinski definition) is 3. The van der Waals surface area contributed by atoms with Crippen LogP contribution in [0.5, 0.6) is 0 Å². The second kappa shape index (κ2) is 7.31. The van der Waals surface area contributed by atoms with Crippen LogP contribution in [0, 0.1) is 6.92 Å². The predicted octanol–water partition coefficient (Wildman–Crippen LogP) is 2.87. The lowest BCUT2D eigenvalue weighted by Gasteiger charge is -2.12. The maximum absolute atomic E-state index is 12.5. The van der Waals surface area contributed by atoms with Crippen molar-refractivity contribution in [1.82, 2.24) is 15.3 Å². The summed E-state index contributed by atoms with van der Waals surface area (Å²) in [5.74, 6) is -1.47. The second-order valence-corrected chi connectivity index (χ2v) is 6.69. The van der Waals surface area contributed by atoms with Gasteiger partial charge in [-0.3, -0.25) is 4.79 Å². The summed E-state index contributed by atoms with van der Waals surface area (Å²) in [6.45, 7) is 1.94. The Morgan fingerprint density at radius 2 is 2.08 bits per heavy atom. The van der Waals surface area contributed by atoms with Gasteiger partial charge in [0.05, 0.1) is 11.2 Å². The summed E-state index contributed by atoms with van der Waals surface area (Å²) in [5.41, 5.74) is 2.68. The molecule has 0 radical (unpaired) electrons. The molecule has 1 aromatic carbocycles. The van der Waals surface area contributed by atoms with E-state index in [9.17, 15) is 14.7 Å². The molecule has 0 saturated heterocycles. The molecule has 3 N–H and O–H groups in total. The molecule has 0 aliphatic heterocycles. The van der Waals surface area contributed by atoms with E-state index in [1.807, 2.05) is 37.3 Å². The van der Waals surface area contributed by atoms with E-state index in [-0.39, 0.29) is 12.3 Å². The molecule has 2 aromatic heterocycles. The number of aromatic amines is 1. The van der Waals surface area contributed by atoms with Crippen molar-refractivity contribution in [3.63, 3.8) is 0 Å². The smallest absolute Gasteiger partial charge is 0.326 e. The first-order valence-electron chi connectivity index (χ1n) is 7.71. The van der Waals surface area contributed by atoms with Crippen LogP contribution in [0.2, 0.25) is 0 Å². The SMILES string of the molecule is Cc1cc(C(=O)N[C@@H](Cc2cnc[nH]2)C(=O)O)sc1-c1ccccc1. The maximum Gasteiger partial charge on any atom is 0.326 e. The molecule has 0 bridgehead atoms. The van der Waals surface area contributed by atoms with Crippen molar-refractivity contribution in [3.8, 4) is 10.4 Å². The molecular weight excluding hydrogens is 338 g/mol. The minimum atomic E-state index is -1.08.